The lowest BCUT2D eigenvalue weighted by Gasteiger charge is -2.28. The zero-order chi connectivity index (χ0) is 17.9. The van der Waals surface area contributed by atoms with E-state index in [0.29, 0.717) is 11.6 Å². The summed E-state index contributed by atoms with van der Waals surface area (Å²) in [5, 5.41) is 11.1. The molecule has 132 valence electrons. The Morgan fingerprint density at radius 2 is 2.17 bits per heavy atom. The van der Waals surface area contributed by atoms with Crippen LogP contribution in [0.2, 0.25) is 5.02 Å². The van der Waals surface area contributed by atoms with Gasteiger partial charge in [-0.3, -0.25) is 10.1 Å². The predicted molar refractivity (Wildman–Crippen MR) is 89.6 cm³/mol. The number of hydrogen-bond acceptors (Lipinski definition) is 5. The molecule has 0 saturated carbocycles. The average molecular weight is 357 g/mol. The summed E-state index contributed by atoms with van der Waals surface area (Å²) in [6.45, 7) is 6.26. The van der Waals surface area contributed by atoms with Crippen molar-refractivity contribution in [1.82, 2.24) is 4.90 Å². The second kappa shape index (κ2) is 7.25. The van der Waals surface area contributed by atoms with Gasteiger partial charge in [0.1, 0.15) is 18.0 Å². The quantitative estimate of drug-likeness (QED) is 0.601. The van der Waals surface area contributed by atoms with Gasteiger partial charge in [-0.05, 0) is 39.7 Å². The molecule has 1 aliphatic heterocycles. The maximum absolute atomic E-state index is 12.2. The normalized spacial score (nSPS) is 17.7. The number of amides is 1. The summed E-state index contributed by atoms with van der Waals surface area (Å²) >= 11 is 6.02. The first kappa shape index (κ1) is 18.3. The van der Waals surface area contributed by atoms with Gasteiger partial charge in [0, 0.05) is 12.6 Å². The minimum atomic E-state index is -0.561. The van der Waals surface area contributed by atoms with Gasteiger partial charge in [0.2, 0.25) is 0 Å². The van der Waals surface area contributed by atoms with Crippen LogP contribution in [-0.4, -0.2) is 40.7 Å². The van der Waals surface area contributed by atoms with E-state index in [1.807, 2.05) is 20.8 Å². The molecule has 1 aromatic carbocycles. The van der Waals surface area contributed by atoms with E-state index >= 15 is 0 Å². The summed E-state index contributed by atoms with van der Waals surface area (Å²) in [5.41, 5.74) is -0.654. The molecule has 1 amide bonds. The molecule has 1 saturated heterocycles. The fourth-order valence-electron chi connectivity index (χ4n) is 2.47. The van der Waals surface area contributed by atoms with Gasteiger partial charge in [0.25, 0.3) is 5.69 Å². The Morgan fingerprint density at radius 1 is 1.46 bits per heavy atom. The molecule has 0 N–H and O–H groups in total. The van der Waals surface area contributed by atoms with Crippen molar-refractivity contribution in [1.29, 1.82) is 0 Å². The lowest BCUT2D eigenvalue weighted by molar-refractivity contribution is -0.384. The standard InChI is InChI=1S/C16H21ClN2O5/c1-16(2,3)24-15(20)18-8-4-5-12(18)10-23-14-9-11(19(21)22)6-7-13(14)17/h6-7,9,12H,4-5,8,10H2,1-3H3/t12-/m0/s1. The highest BCUT2D eigenvalue weighted by Crippen LogP contribution is 2.30. The Labute approximate surface area is 145 Å². The van der Waals surface area contributed by atoms with E-state index < -0.39 is 10.5 Å². The van der Waals surface area contributed by atoms with Crippen molar-refractivity contribution in [3.05, 3.63) is 33.3 Å². The number of carbonyl (C=O) groups excluding carboxylic acids is 1. The smallest absolute Gasteiger partial charge is 0.410 e. The lowest BCUT2D eigenvalue weighted by Crippen LogP contribution is -2.42. The number of nitro groups is 1. The highest BCUT2D eigenvalue weighted by molar-refractivity contribution is 6.32. The second-order valence-corrected chi connectivity index (χ2v) is 7.06. The van der Waals surface area contributed by atoms with E-state index in [1.165, 1.54) is 18.2 Å². The first-order valence-electron chi connectivity index (χ1n) is 7.74. The van der Waals surface area contributed by atoms with Crippen molar-refractivity contribution in [2.45, 2.75) is 45.3 Å². The molecule has 1 aromatic rings. The third-order valence-electron chi connectivity index (χ3n) is 3.56. The molecular weight excluding hydrogens is 336 g/mol. The number of ether oxygens (including phenoxy) is 2. The van der Waals surface area contributed by atoms with E-state index in [4.69, 9.17) is 21.1 Å². The third-order valence-corrected chi connectivity index (χ3v) is 3.87. The number of halogens is 1. The SMILES string of the molecule is CC(C)(C)OC(=O)N1CCC[C@H]1COc1cc([N+](=O)[O-])ccc1Cl. The molecule has 7 nitrogen and oxygen atoms in total. The topological polar surface area (TPSA) is 81.9 Å². The van der Waals surface area contributed by atoms with Crippen LogP contribution in [-0.2, 0) is 4.74 Å². The third kappa shape index (κ3) is 4.74. The van der Waals surface area contributed by atoms with Crippen molar-refractivity contribution < 1.29 is 19.2 Å². The summed E-state index contributed by atoms with van der Waals surface area (Å²) in [5.74, 6) is 0.238. The van der Waals surface area contributed by atoms with Crippen LogP contribution in [0.25, 0.3) is 0 Å². The van der Waals surface area contributed by atoms with Gasteiger partial charge in [-0.2, -0.15) is 0 Å². The number of hydrogen-bond donors (Lipinski definition) is 0. The molecule has 2 rings (SSSR count). The van der Waals surface area contributed by atoms with Crippen LogP contribution in [0.3, 0.4) is 0 Å². The molecule has 0 unspecified atom stereocenters. The van der Waals surface area contributed by atoms with Gasteiger partial charge in [-0.15, -0.1) is 0 Å². The highest BCUT2D eigenvalue weighted by Gasteiger charge is 2.32. The lowest BCUT2D eigenvalue weighted by atomic mass is 10.2. The molecular formula is C16H21ClN2O5. The molecule has 24 heavy (non-hydrogen) atoms. The Balaban J connectivity index is 2.02. The van der Waals surface area contributed by atoms with Crippen molar-refractivity contribution in [2.24, 2.45) is 0 Å². The maximum Gasteiger partial charge on any atom is 0.410 e. The fraction of sp³-hybridized carbons (Fsp3) is 0.562. The molecule has 0 spiro atoms. The highest BCUT2D eigenvalue weighted by atomic mass is 35.5. The molecule has 1 atom stereocenters. The number of likely N-dealkylation sites (tertiary alicyclic amines) is 1. The summed E-state index contributed by atoms with van der Waals surface area (Å²) in [7, 11) is 0. The Morgan fingerprint density at radius 3 is 2.79 bits per heavy atom. The fourth-order valence-corrected chi connectivity index (χ4v) is 2.64. The van der Waals surface area contributed by atoms with Crippen molar-refractivity contribution in [3.8, 4) is 5.75 Å². The molecule has 0 aliphatic carbocycles. The molecule has 1 aliphatic rings. The van der Waals surface area contributed by atoms with Crippen LogP contribution in [0.1, 0.15) is 33.6 Å². The number of carbonyl (C=O) groups is 1. The molecule has 0 radical (unpaired) electrons. The summed E-state index contributed by atoms with van der Waals surface area (Å²) in [6, 6.07) is 3.89. The number of rotatable bonds is 4. The van der Waals surface area contributed by atoms with Gasteiger partial charge >= 0.3 is 6.09 Å². The first-order valence-corrected chi connectivity index (χ1v) is 8.11. The number of nitrogens with zero attached hydrogens (tertiary/aromatic N) is 2. The molecule has 0 aromatic heterocycles. The number of non-ortho nitro benzene ring substituents is 1. The Bertz CT molecular complexity index is 629. The van der Waals surface area contributed by atoms with E-state index in [-0.39, 0.29) is 30.2 Å². The van der Waals surface area contributed by atoms with Crippen molar-refractivity contribution in [2.75, 3.05) is 13.2 Å². The van der Waals surface area contributed by atoms with E-state index in [2.05, 4.69) is 0 Å². The molecule has 8 heteroatoms. The average Bonchev–Trinajstić information content (AvgIpc) is 2.93. The number of benzene rings is 1. The van der Waals surface area contributed by atoms with Crippen molar-refractivity contribution in [3.63, 3.8) is 0 Å². The zero-order valence-electron chi connectivity index (χ0n) is 14.0. The molecule has 1 fully saturated rings. The summed E-state index contributed by atoms with van der Waals surface area (Å²) < 4.78 is 11.0. The Kier molecular flexibility index (Phi) is 5.54. The van der Waals surface area contributed by atoms with Gasteiger partial charge < -0.3 is 14.4 Å². The Hall–Kier alpha value is -2.02. The number of nitro benzene ring substituents is 1. The summed E-state index contributed by atoms with van der Waals surface area (Å²) in [6.07, 6.45) is 1.26. The van der Waals surface area contributed by atoms with Crippen LogP contribution >= 0.6 is 11.6 Å². The first-order chi connectivity index (χ1) is 11.2. The minimum Gasteiger partial charge on any atom is -0.490 e. The predicted octanol–water partition coefficient (Wildman–Crippen LogP) is 4.03. The van der Waals surface area contributed by atoms with Gasteiger partial charge in [-0.25, -0.2) is 4.79 Å². The van der Waals surface area contributed by atoms with E-state index in [1.54, 1.807) is 4.90 Å². The van der Waals surface area contributed by atoms with Crippen molar-refractivity contribution >= 4 is 23.4 Å². The van der Waals surface area contributed by atoms with E-state index in [9.17, 15) is 14.9 Å². The van der Waals surface area contributed by atoms with Crippen LogP contribution < -0.4 is 4.74 Å². The molecule has 1 heterocycles. The second-order valence-electron chi connectivity index (χ2n) is 6.65. The van der Waals surface area contributed by atoms with Crippen LogP contribution in [0.15, 0.2) is 18.2 Å². The minimum absolute atomic E-state index is 0.0928. The van der Waals surface area contributed by atoms with E-state index in [0.717, 1.165) is 12.8 Å². The zero-order valence-corrected chi connectivity index (χ0v) is 14.7. The molecule has 0 bridgehead atoms. The maximum atomic E-state index is 12.2. The van der Waals surface area contributed by atoms with Gasteiger partial charge in [0.05, 0.1) is 22.1 Å². The van der Waals surface area contributed by atoms with Crippen LogP contribution in [0.4, 0.5) is 10.5 Å². The summed E-state index contributed by atoms with van der Waals surface area (Å²) in [4.78, 5) is 24.2. The largest absolute Gasteiger partial charge is 0.490 e. The van der Waals surface area contributed by atoms with Gasteiger partial charge in [0.15, 0.2) is 0 Å². The van der Waals surface area contributed by atoms with Crippen LogP contribution in [0.5, 0.6) is 5.75 Å². The van der Waals surface area contributed by atoms with Gasteiger partial charge in [-0.1, -0.05) is 11.6 Å². The monoisotopic (exact) mass is 356 g/mol. The van der Waals surface area contributed by atoms with Crippen LogP contribution in [0, 0.1) is 10.1 Å².